The Kier molecular flexibility index (Phi) is 1.82. The zero-order valence-electron chi connectivity index (χ0n) is 6.36. The van der Waals surface area contributed by atoms with Gasteiger partial charge in [0.25, 0.3) is 0 Å². The molecule has 2 rings (SSSR count). The lowest BCUT2D eigenvalue weighted by atomic mass is 10.2. The maximum absolute atomic E-state index is 4.10. The zero-order valence-corrected chi connectivity index (χ0v) is 6.36. The van der Waals surface area contributed by atoms with Gasteiger partial charge in [-0.25, -0.2) is 0 Å². The molecule has 2 aromatic rings. The molecule has 0 fully saturated rings. The van der Waals surface area contributed by atoms with Gasteiger partial charge in [-0.15, -0.1) is 0 Å². The molecule has 0 saturated carbocycles. The van der Waals surface area contributed by atoms with Crippen molar-refractivity contribution in [3.05, 3.63) is 48.8 Å². The number of pyridine rings is 2. The van der Waals surface area contributed by atoms with E-state index in [2.05, 4.69) is 22.1 Å². The molecular weight excluding hydrogens is 148 g/mol. The van der Waals surface area contributed by atoms with Crippen molar-refractivity contribution in [3.63, 3.8) is 0 Å². The van der Waals surface area contributed by atoms with E-state index in [0.29, 0.717) is 0 Å². The van der Waals surface area contributed by atoms with Crippen LogP contribution in [-0.2, 0) is 0 Å². The fourth-order valence-corrected chi connectivity index (χ4v) is 0.909. The third-order valence-electron chi connectivity index (χ3n) is 1.44. The van der Waals surface area contributed by atoms with Gasteiger partial charge in [-0.2, -0.15) is 0 Å². The van der Waals surface area contributed by atoms with E-state index in [-0.39, 0.29) is 0 Å². The second-order valence-electron chi connectivity index (χ2n) is 2.26. The van der Waals surface area contributed by atoms with E-state index in [0.717, 1.165) is 11.4 Å². The Morgan fingerprint density at radius 3 is 1.67 bits per heavy atom. The van der Waals surface area contributed by atoms with E-state index < -0.39 is 0 Å². The van der Waals surface area contributed by atoms with Gasteiger partial charge in [0, 0.05) is 24.5 Å². The van der Waals surface area contributed by atoms with Crippen molar-refractivity contribution in [2.45, 2.75) is 0 Å². The van der Waals surface area contributed by atoms with Crippen LogP contribution in [-0.4, -0.2) is 9.97 Å². The number of hydrogen-bond acceptors (Lipinski definition) is 2. The Bertz CT molecular complexity index is 305. The summed E-state index contributed by atoms with van der Waals surface area (Å²) in [5, 5.41) is 0. The fourth-order valence-electron chi connectivity index (χ4n) is 0.909. The monoisotopic (exact) mass is 154 g/mol. The Morgan fingerprint density at radius 2 is 1.33 bits per heavy atom. The van der Waals surface area contributed by atoms with Crippen molar-refractivity contribution in [1.29, 1.82) is 0 Å². The molecule has 0 aromatic carbocycles. The summed E-state index contributed by atoms with van der Waals surface area (Å²) < 4.78 is 0. The van der Waals surface area contributed by atoms with Crippen LogP contribution >= 0.6 is 0 Å². The minimum Gasteiger partial charge on any atom is -0.254 e. The van der Waals surface area contributed by atoms with E-state index in [1.807, 2.05) is 24.3 Å². The van der Waals surface area contributed by atoms with Crippen LogP contribution in [0.1, 0.15) is 0 Å². The second-order valence-corrected chi connectivity index (χ2v) is 2.26. The summed E-state index contributed by atoms with van der Waals surface area (Å²) in [7, 11) is 0. The number of rotatable bonds is 1. The molecule has 12 heavy (non-hydrogen) atoms. The first-order valence-electron chi connectivity index (χ1n) is 3.62. The third-order valence-corrected chi connectivity index (χ3v) is 1.44. The van der Waals surface area contributed by atoms with E-state index >= 15 is 0 Å². The van der Waals surface area contributed by atoms with Crippen LogP contribution < -0.4 is 0 Å². The van der Waals surface area contributed by atoms with Gasteiger partial charge in [0.2, 0.25) is 0 Å². The van der Waals surface area contributed by atoms with Crippen LogP contribution in [0.2, 0.25) is 0 Å². The molecule has 0 aliphatic rings. The Balaban J connectivity index is 2.46. The fraction of sp³-hybridized carbons (Fsp3) is 0. The first-order valence-corrected chi connectivity index (χ1v) is 3.62. The summed E-state index contributed by atoms with van der Waals surface area (Å²) in [5.41, 5.74) is 1.47. The maximum Gasteiger partial charge on any atom is 0.0971 e. The molecule has 0 aliphatic carbocycles. The normalized spacial score (nSPS) is 9.67. The predicted molar refractivity (Wildman–Crippen MR) is 45.1 cm³/mol. The highest BCUT2D eigenvalue weighted by Gasteiger charge is 1.96. The lowest BCUT2D eigenvalue weighted by Crippen LogP contribution is -1.84. The highest BCUT2D eigenvalue weighted by Crippen LogP contribution is 2.09. The van der Waals surface area contributed by atoms with Crippen LogP contribution in [0.15, 0.2) is 36.7 Å². The van der Waals surface area contributed by atoms with Crippen LogP contribution in [0.3, 0.4) is 0 Å². The molecule has 2 aromatic heterocycles. The average molecular weight is 154 g/mol. The Hall–Kier alpha value is -1.70. The molecule has 2 nitrogen and oxygen atoms in total. The molecule has 0 spiro atoms. The lowest BCUT2D eigenvalue weighted by Gasteiger charge is -1.95. The standard InChI is InChI=1S/C10H6N2/c1-3-7-11-9(5-1)10-6-2-4-8-12-10/h1-4,7-8H. The summed E-state index contributed by atoms with van der Waals surface area (Å²) in [4.78, 5) is 8.20. The van der Waals surface area contributed by atoms with Gasteiger partial charge in [0.05, 0.1) is 11.4 Å². The predicted octanol–water partition coefficient (Wildman–Crippen LogP) is 1.74. The quantitative estimate of drug-likeness (QED) is 0.625. The molecule has 2 radical (unpaired) electrons. The van der Waals surface area contributed by atoms with Crippen molar-refractivity contribution < 1.29 is 0 Å². The van der Waals surface area contributed by atoms with Crippen molar-refractivity contribution in [2.24, 2.45) is 0 Å². The average Bonchev–Trinajstić information content (AvgIpc) is 2.21. The molecule has 0 unspecified atom stereocenters. The van der Waals surface area contributed by atoms with Crippen LogP contribution in [0.4, 0.5) is 0 Å². The first-order chi connectivity index (χ1) is 5.97. The molecule has 0 aliphatic heterocycles. The van der Waals surface area contributed by atoms with E-state index in [1.165, 1.54) is 0 Å². The molecular formula is C10H6N2. The summed E-state index contributed by atoms with van der Waals surface area (Å²) in [6.07, 6.45) is 3.43. The molecule has 0 saturated heterocycles. The lowest BCUT2D eigenvalue weighted by molar-refractivity contribution is 1.24. The summed E-state index contributed by atoms with van der Waals surface area (Å²) in [6, 6.07) is 13.2. The van der Waals surface area contributed by atoms with Gasteiger partial charge < -0.3 is 0 Å². The molecule has 0 atom stereocenters. The molecule has 2 heterocycles. The number of aromatic nitrogens is 2. The largest absolute Gasteiger partial charge is 0.254 e. The summed E-state index contributed by atoms with van der Waals surface area (Å²) in [5.74, 6) is 0. The van der Waals surface area contributed by atoms with Crippen LogP contribution in [0, 0.1) is 12.1 Å². The van der Waals surface area contributed by atoms with E-state index in [4.69, 9.17) is 0 Å². The molecule has 0 N–H and O–H groups in total. The van der Waals surface area contributed by atoms with Gasteiger partial charge in [-0.3, -0.25) is 9.97 Å². The minimum atomic E-state index is 0.734. The van der Waals surface area contributed by atoms with Crippen molar-refractivity contribution in [2.75, 3.05) is 0 Å². The van der Waals surface area contributed by atoms with Gasteiger partial charge in [-0.1, -0.05) is 12.1 Å². The third kappa shape index (κ3) is 1.32. The first kappa shape index (κ1) is 6.98. The molecule has 0 bridgehead atoms. The van der Waals surface area contributed by atoms with Gasteiger partial charge >= 0.3 is 0 Å². The SMILES string of the molecule is [c]1cccnc1-c1[c]cccn1. The zero-order chi connectivity index (χ0) is 8.23. The Morgan fingerprint density at radius 1 is 0.833 bits per heavy atom. The maximum atomic E-state index is 4.10. The molecule has 2 heteroatoms. The summed E-state index contributed by atoms with van der Waals surface area (Å²) in [6.45, 7) is 0. The van der Waals surface area contributed by atoms with Crippen LogP contribution in [0.25, 0.3) is 11.4 Å². The van der Waals surface area contributed by atoms with Crippen molar-refractivity contribution >= 4 is 0 Å². The Labute approximate surface area is 70.9 Å². The van der Waals surface area contributed by atoms with Gasteiger partial charge in [0.1, 0.15) is 0 Å². The topological polar surface area (TPSA) is 25.8 Å². The highest BCUT2D eigenvalue weighted by molar-refractivity contribution is 5.51. The van der Waals surface area contributed by atoms with Gasteiger partial charge in [-0.05, 0) is 12.1 Å². The van der Waals surface area contributed by atoms with E-state index in [1.54, 1.807) is 12.4 Å². The van der Waals surface area contributed by atoms with Crippen molar-refractivity contribution in [3.8, 4) is 11.4 Å². The second kappa shape index (κ2) is 3.13. The van der Waals surface area contributed by atoms with Crippen molar-refractivity contribution in [1.82, 2.24) is 9.97 Å². The minimum absolute atomic E-state index is 0.734. The summed E-state index contributed by atoms with van der Waals surface area (Å²) >= 11 is 0. The number of hydrogen-bond donors (Lipinski definition) is 0. The number of nitrogens with zero attached hydrogens (tertiary/aromatic N) is 2. The highest BCUT2D eigenvalue weighted by atomic mass is 14.7. The molecule has 56 valence electrons. The smallest absolute Gasteiger partial charge is 0.0971 e. The van der Waals surface area contributed by atoms with Gasteiger partial charge in [0.15, 0.2) is 0 Å². The molecule has 0 amide bonds. The van der Waals surface area contributed by atoms with E-state index in [9.17, 15) is 0 Å². The van der Waals surface area contributed by atoms with Crippen LogP contribution in [0.5, 0.6) is 0 Å².